The Morgan fingerprint density at radius 1 is 0.903 bits per heavy atom. The summed E-state index contributed by atoms with van der Waals surface area (Å²) in [4.78, 5) is 17.1. The van der Waals surface area contributed by atoms with Gasteiger partial charge in [0.25, 0.3) is 5.91 Å². The van der Waals surface area contributed by atoms with E-state index in [2.05, 4.69) is 4.90 Å². The van der Waals surface area contributed by atoms with Crippen molar-refractivity contribution in [2.75, 3.05) is 44.2 Å². The molecule has 1 amide bonds. The molecule has 0 aromatic heterocycles. The maximum atomic E-state index is 13.2. The van der Waals surface area contributed by atoms with Crippen molar-refractivity contribution in [1.82, 2.24) is 9.21 Å². The molecule has 0 spiro atoms. The molecule has 2 aliphatic heterocycles. The number of nitrogens with zero attached hydrogens (tertiary/aromatic N) is 3. The number of benzene rings is 2. The summed E-state index contributed by atoms with van der Waals surface area (Å²) >= 11 is 0. The Labute approximate surface area is 184 Å². The molecule has 31 heavy (non-hydrogen) atoms. The molecule has 0 N–H and O–H groups in total. The Balaban J connectivity index is 1.47. The summed E-state index contributed by atoms with van der Waals surface area (Å²) in [6, 6.07) is 16.4. The number of piperazine rings is 1. The number of morpholine rings is 1. The van der Waals surface area contributed by atoms with Crippen LogP contribution in [0.2, 0.25) is 0 Å². The third-order valence-electron chi connectivity index (χ3n) is 5.79. The van der Waals surface area contributed by atoms with Gasteiger partial charge >= 0.3 is 0 Å². The van der Waals surface area contributed by atoms with Gasteiger partial charge in [0.1, 0.15) is 0 Å². The molecule has 2 fully saturated rings. The number of hydrogen-bond donors (Lipinski definition) is 0. The lowest BCUT2D eigenvalue weighted by molar-refractivity contribution is -0.0586. The number of amides is 1. The van der Waals surface area contributed by atoms with Gasteiger partial charge < -0.3 is 14.5 Å². The highest BCUT2D eigenvalue weighted by Crippen LogP contribution is 2.23. The quantitative estimate of drug-likeness (QED) is 0.726. The van der Waals surface area contributed by atoms with Crippen molar-refractivity contribution >= 4 is 21.6 Å². The molecular weight excluding hydrogens is 414 g/mol. The van der Waals surface area contributed by atoms with E-state index in [1.165, 1.54) is 10.4 Å². The van der Waals surface area contributed by atoms with Crippen LogP contribution >= 0.6 is 0 Å². The van der Waals surface area contributed by atoms with Crippen molar-refractivity contribution < 1.29 is 17.9 Å². The van der Waals surface area contributed by atoms with Gasteiger partial charge in [-0.05, 0) is 44.2 Å². The van der Waals surface area contributed by atoms with Crippen LogP contribution in [-0.2, 0) is 14.8 Å². The number of hydrogen-bond acceptors (Lipinski definition) is 5. The summed E-state index contributed by atoms with van der Waals surface area (Å²) in [5, 5.41) is 0. The summed E-state index contributed by atoms with van der Waals surface area (Å²) in [5.74, 6) is -0.159. The van der Waals surface area contributed by atoms with Gasteiger partial charge in [0.05, 0.1) is 17.1 Å². The smallest absolute Gasteiger partial charge is 0.254 e. The lowest BCUT2D eigenvalue weighted by atomic mass is 10.1. The van der Waals surface area contributed by atoms with Crippen LogP contribution in [0.25, 0.3) is 0 Å². The standard InChI is InChI=1S/C23H29N3O4S/c1-18-16-25(17-19(2)30-18)23(27)20-7-6-10-22(15-20)31(28,29)26-13-11-24(12-14-26)21-8-4-3-5-9-21/h3-10,15,18-19H,11-14,16-17H2,1-2H3/t18-,19-/m0/s1. The fraction of sp³-hybridized carbons (Fsp3) is 0.435. The predicted molar refractivity (Wildman–Crippen MR) is 120 cm³/mol. The van der Waals surface area contributed by atoms with Crippen LogP contribution in [-0.4, -0.2) is 75.0 Å². The molecule has 0 aliphatic carbocycles. The minimum atomic E-state index is -3.66. The zero-order valence-electron chi connectivity index (χ0n) is 18.0. The van der Waals surface area contributed by atoms with Crippen LogP contribution in [0.3, 0.4) is 0 Å². The van der Waals surface area contributed by atoms with Gasteiger partial charge in [-0.25, -0.2) is 8.42 Å². The zero-order valence-corrected chi connectivity index (χ0v) is 18.8. The lowest BCUT2D eigenvalue weighted by Gasteiger charge is -2.36. The van der Waals surface area contributed by atoms with Crippen molar-refractivity contribution in [2.24, 2.45) is 0 Å². The van der Waals surface area contributed by atoms with E-state index in [0.717, 1.165) is 5.69 Å². The van der Waals surface area contributed by atoms with Crippen LogP contribution in [0.4, 0.5) is 5.69 Å². The molecule has 4 rings (SSSR count). The summed E-state index contributed by atoms with van der Waals surface area (Å²) in [6.45, 7) is 6.96. The first kappa shape index (κ1) is 21.8. The maximum Gasteiger partial charge on any atom is 0.254 e. The highest BCUT2D eigenvalue weighted by atomic mass is 32.2. The predicted octanol–water partition coefficient (Wildman–Crippen LogP) is 2.45. The Morgan fingerprint density at radius 3 is 2.19 bits per heavy atom. The second-order valence-corrected chi connectivity index (χ2v) is 10.2. The first-order chi connectivity index (χ1) is 14.8. The molecule has 2 atom stereocenters. The van der Waals surface area contributed by atoms with Crippen LogP contribution in [0, 0.1) is 0 Å². The normalized spacial score (nSPS) is 23.0. The molecule has 2 aliphatic rings. The van der Waals surface area contributed by atoms with Gasteiger partial charge in [-0.2, -0.15) is 4.31 Å². The van der Waals surface area contributed by atoms with E-state index < -0.39 is 10.0 Å². The Kier molecular flexibility index (Phi) is 6.31. The first-order valence-electron chi connectivity index (χ1n) is 10.7. The number of carbonyl (C=O) groups is 1. The van der Waals surface area contributed by atoms with E-state index in [1.54, 1.807) is 23.1 Å². The van der Waals surface area contributed by atoms with Crippen LogP contribution in [0.1, 0.15) is 24.2 Å². The minimum Gasteiger partial charge on any atom is -0.372 e. The van der Waals surface area contributed by atoms with Crippen LogP contribution < -0.4 is 4.90 Å². The maximum absolute atomic E-state index is 13.2. The average Bonchev–Trinajstić information content (AvgIpc) is 2.79. The van der Waals surface area contributed by atoms with Crippen molar-refractivity contribution in [3.05, 3.63) is 60.2 Å². The largest absolute Gasteiger partial charge is 0.372 e. The second kappa shape index (κ2) is 8.98. The Morgan fingerprint density at radius 2 is 1.55 bits per heavy atom. The van der Waals surface area contributed by atoms with Crippen molar-refractivity contribution in [1.29, 1.82) is 0 Å². The van der Waals surface area contributed by atoms with Gasteiger partial charge in [-0.15, -0.1) is 0 Å². The summed E-state index contributed by atoms with van der Waals surface area (Å²) in [5.41, 5.74) is 1.49. The minimum absolute atomic E-state index is 0.0412. The Hall–Kier alpha value is -2.42. The van der Waals surface area contributed by atoms with Crippen LogP contribution in [0.5, 0.6) is 0 Å². The fourth-order valence-corrected chi connectivity index (χ4v) is 5.76. The molecule has 2 aromatic rings. The second-order valence-electron chi connectivity index (χ2n) is 8.22. The third kappa shape index (κ3) is 4.76. The molecule has 166 valence electrons. The number of carbonyl (C=O) groups excluding carboxylic acids is 1. The highest BCUT2D eigenvalue weighted by Gasteiger charge is 2.31. The number of rotatable bonds is 4. The van der Waals surface area contributed by atoms with Gasteiger partial charge in [-0.1, -0.05) is 24.3 Å². The number of anilines is 1. The van der Waals surface area contributed by atoms with Crippen molar-refractivity contribution in [3.63, 3.8) is 0 Å². The molecule has 0 radical (unpaired) electrons. The fourth-order valence-electron chi connectivity index (χ4n) is 4.29. The van der Waals surface area contributed by atoms with E-state index in [4.69, 9.17) is 4.74 Å². The molecule has 2 saturated heterocycles. The third-order valence-corrected chi connectivity index (χ3v) is 7.68. The molecule has 2 heterocycles. The van der Waals surface area contributed by atoms with Gasteiger partial charge in [0, 0.05) is 50.5 Å². The SMILES string of the molecule is C[C@H]1CN(C(=O)c2cccc(S(=O)(=O)N3CCN(c4ccccc4)CC3)c2)C[C@H](C)O1. The van der Waals surface area contributed by atoms with E-state index >= 15 is 0 Å². The van der Waals surface area contributed by atoms with E-state index in [0.29, 0.717) is 44.8 Å². The molecular formula is C23H29N3O4S. The lowest BCUT2D eigenvalue weighted by Crippen LogP contribution is -2.49. The molecule has 0 saturated carbocycles. The molecule has 8 heteroatoms. The monoisotopic (exact) mass is 443 g/mol. The van der Waals surface area contributed by atoms with E-state index in [9.17, 15) is 13.2 Å². The molecule has 7 nitrogen and oxygen atoms in total. The summed E-state index contributed by atoms with van der Waals surface area (Å²) in [7, 11) is -3.66. The van der Waals surface area contributed by atoms with E-state index in [1.807, 2.05) is 44.2 Å². The number of para-hydroxylation sites is 1. The summed E-state index contributed by atoms with van der Waals surface area (Å²) in [6.07, 6.45) is -0.0824. The average molecular weight is 444 g/mol. The van der Waals surface area contributed by atoms with Crippen molar-refractivity contribution in [3.8, 4) is 0 Å². The Bertz CT molecular complexity index is 1010. The summed E-state index contributed by atoms with van der Waals surface area (Å²) < 4.78 is 33.7. The highest BCUT2D eigenvalue weighted by molar-refractivity contribution is 7.89. The van der Waals surface area contributed by atoms with Gasteiger partial charge in [0.15, 0.2) is 0 Å². The topological polar surface area (TPSA) is 70.2 Å². The molecule has 0 bridgehead atoms. The zero-order chi connectivity index (χ0) is 22.0. The van der Waals surface area contributed by atoms with Gasteiger partial charge in [0.2, 0.25) is 10.0 Å². The van der Waals surface area contributed by atoms with E-state index in [-0.39, 0.29) is 23.0 Å². The van der Waals surface area contributed by atoms with Crippen LogP contribution in [0.15, 0.2) is 59.5 Å². The number of ether oxygens (including phenoxy) is 1. The number of sulfonamides is 1. The van der Waals surface area contributed by atoms with Crippen molar-refractivity contribution in [2.45, 2.75) is 31.0 Å². The first-order valence-corrected chi connectivity index (χ1v) is 12.1. The molecule has 0 unspecified atom stereocenters. The van der Waals surface area contributed by atoms with Gasteiger partial charge in [-0.3, -0.25) is 4.79 Å². The molecule has 2 aromatic carbocycles.